The van der Waals surface area contributed by atoms with Crippen molar-refractivity contribution in [2.45, 2.75) is 39.2 Å². The smallest absolute Gasteiger partial charge is 0.223 e. The van der Waals surface area contributed by atoms with Crippen LogP contribution in [-0.2, 0) is 17.6 Å². The molecule has 6 heteroatoms. The van der Waals surface area contributed by atoms with Gasteiger partial charge in [0.1, 0.15) is 5.76 Å². The fourth-order valence-electron chi connectivity index (χ4n) is 3.57. The zero-order chi connectivity index (χ0) is 17.4. The van der Waals surface area contributed by atoms with Crippen molar-refractivity contribution in [3.05, 3.63) is 61.3 Å². The molecular formula is C19H20N2O2S2. The van der Waals surface area contributed by atoms with Crippen molar-refractivity contribution in [3.8, 4) is 0 Å². The minimum Gasteiger partial charge on any atom is -0.361 e. The van der Waals surface area contributed by atoms with Gasteiger partial charge in [-0.2, -0.15) is 0 Å². The average Bonchev–Trinajstić information content (AvgIpc) is 3.34. The Hall–Kier alpha value is -1.92. The van der Waals surface area contributed by atoms with Crippen molar-refractivity contribution in [1.82, 2.24) is 10.1 Å². The molecule has 0 radical (unpaired) electrons. The molecule has 4 nitrogen and oxygen atoms in total. The summed E-state index contributed by atoms with van der Waals surface area (Å²) in [5.41, 5.74) is 3.25. The number of aromatic nitrogens is 1. The van der Waals surface area contributed by atoms with Crippen molar-refractivity contribution in [2.75, 3.05) is 6.54 Å². The van der Waals surface area contributed by atoms with Gasteiger partial charge >= 0.3 is 0 Å². The van der Waals surface area contributed by atoms with Crippen LogP contribution in [0, 0.1) is 13.8 Å². The molecule has 3 aromatic heterocycles. The summed E-state index contributed by atoms with van der Waals surface area (Å²) in [5, 5.41) is 8.22. The van der Waals surface area contributed by atoms with Gasteiger partial charge in [-0.05, 0) is 55.1 Å². The molecule has 0 aromatic carbocycles. The molecule has 0 aliphatic carbocycles. The molecule has 0 spiro atoms. The third kappa shape index (κ3) is 3.04. The number of nitrogens with zero attached hydrogens (tertiary/aromatic N) is 2. The number of rotatable bonds is 4. The van der Waals surface area contributed by atoms with Crippen LogP contribution in [0.2, 0.25) is 0 Å². The Morgan fingerprint density at radius 2 is 2.20 bits per heavy atom. The number of aryl methyl sites for hydroxylation is 2. The molecule has 3 aromatic rings. The van der Waals surface area contributed by atoms with Crippen molar-refractivity contribution in [3.63, 3.8) is 0 Å². The van der Waals surface area contributed by atoms with Crippen LogP contribution in [0.25, 0.3) is 0 Å². The number of carbonyl (C=O) groups excluding carboxylic acids is 1. The molecule has 0 bridgehead atoms. The van der Waals surface area contributed by atoms with Gasteiger partial charge in [0, 0.05) is 28.3 Å². The average molecular weight is 373 g/mol. The number of amides is 1. The Morgan fingerprint density at radius 3 is 2.92 bits per heavy atom. The fourth-order valence-corrected chi connectivity index (χ4v) is 5.33. The van der Waals surface area contributed by atoms with Gasteiger partial charge in [-0.3, -0.25) is 4.79 Å². The van der Waals surface area contributed by atoms with Gasteiger partial charge in [0.05, 0.1) is 11.7 Å². The van der Waals surface area contributed by atoms with Crippen LogP contribution >= 0.6 is 22.7 Å². The summed E-state index contributed by atoms with van der Waals surface area (Å²) in [6.07, 6.45) is 2.13. The van der Waals surface area contributed by atoms with Crippen molar-refractivity contribution in [2.24, 2.45) is 0 Å². The summed E-state index contributed by atoms with van der Waals surface area (Å²) in [5.74, 6) is 1.02. The molecule has 25 heavy (non-hydrogen) atoms. The molecule has 1 aliphatic heterocycles. The van der Waals surface area contributed by atoms with Crippen molar-refractivity contribution < 1.29 is 9.32 Å². The van der Waals surface area contributed by atoms with Gasteiger partial charge in [-0.1, -0.05) is 11.2 Å². The van der Waals surface area contributed by atoms with Gasteiger partial charge in [0.15, 0.2) is 0 Å². The maximum absolute atomic E-state index is 13.0. The molecular weight excluding hydrogens is 352 g/mol. The van der Waals surface area contributed by atoms with Gasteiger partial charge in [0.25, 0.3) is 0 Å². The minimum absolute atomic E-state index is 0.0622. The lowest BCUT2D eigenvalue weighted by atomic mass is 9.97. The van der Waals surface area contributed by atoms with Crippen molar-refractivity contribution in [1.29, 1.82) is 0 Å². The van der Waals surface area contributed by atoms with Crippen LogP contribution in [0.15, 0.2) is 33.5 Å². The third-order valence-electron chi connectivity index (χ3n) is 4.87. The monoisotopic (exact) mass is 372 g/mol. The standard InChI is InChI=1S/C19H20N2O2S2/c1-12-14(13(2)23-20-12)5-6-18(22)21-9-7-16-15(8-11-25-16)19(21)17-4-3-10-24-17/h3-4,8,10-11,19H,5-7,9H2,1-2H3/t19-/m1/s1. The maximum Gasteiger partial charge on any atom is 0.223 e. The second-order valence-corrected chi connectivity index (χ2v) is 8.34. The highest BCUT2D eigenvalue weighted by atomic mass is 32.1. The summed E-state index contributed by atoms with van der Waals surface area (Å²) in [4.78, 5) is 17.7. The first kappa shape index (κ1) is 16.5. The molecule has 4 heterocycles. The number of carbonyl (C=O) groups is 1. The van der Waals surface area contributed by atoms with E-state index in [2.05, 4.69) is 39.0 Å². The van der Waals surface area contributed by atoms with E-state index < -0.39 is 0 Å². The summed E-state index contributed by atoms with van der Waals surface area (Å²) in [6.45, 7) is 4.63. The Bertz CT molecular complexity index is 860. The number of thiophene rings is 2. The van der Waals surface area contributed by atoms with E-state index in [1.54, 1.807) is 22.7 Å². The zero-order valence-corrected chi connectivity index (χ0v) is 16.0. The largest absolute Gasteiger partial charge is 0.361 e. The van der Waals surface area contributed by atoms with E-state index in [1.165, 1.54) is 15.3 Å². The Morgan fingerprint density at radius 1 is 1.32 bits per heavy atom. The number of hydrogen-bond donors (Lipinski definition) is 0. The lowest BCUT2D eigenvalue weighted by Gasteiger charge is -2.35. The van der Waals surface area contributed by atoms with E-state index in [4.69, 9.17) is 4.52 Å². The van der Waals surface area contributed by atoms with E-state index >= 15 is 0 Å². The first-order valence-electron chi connectivity index (χ1n) is 8.46. The predicted octanol–water partition coefficient (Wildman–Crippen LogP) is 4.52. The molecule has 0 unspecified atom stereocenters. The van der Waals surface area contributed by atoms with Crippen LogP contribution in [-0.4, -0.2) is 22.5 Å². The fraction of sp³-hybridized carbons (Fsp3) is 0.368. The highest BCUT2D eigenvalue weighted by Crippen LogP contribution is 2.39. The molecule has 0 N–H and O–H groups in total. The molecule has 1 aliphatic rings. The van der Waals surface area contributed by atoms with Crippen LogP contribution < -0.4 is 0 Å². The van der Waals surface area contributed by atoms with Crippen LogP contribution in [0.4, 0.5) is 0 Å². The lowest BCUT2D eigenvalue weighted by molar-refractivity contribution is -0.133. The Labute approximate surface area is 155 Å². The quantitative estimate of drug-likeness (QED) is 0.676. The summed E-state index contributed by atoms with van der Waals surface area (Å²) >= 11 is 3.53. The van der Waals surface area contributed by atoms with Crippen molar-refractivity contribution >= 4 is 28.6 Å². The van der Waals surface area contributed by atoms with E-state index in [1.807, 2.05) is 13.8 Å². The van der Waals surface area contributed by atoms with E-state index in [9.17, 15) is 4.79 Å². The van der Waals surface area contributed by atoms with E-state index in [0.717, 1.165) is 30.0 Å². The Kier molecular flexibility index (Phi) is 4.48. The molecule has 1 atom stereocenters. The van der Waals surface area contributed by atoms with Gasteiger partial charge in [-0.15, -0.1) is 22.7 Å². The van der Waals surface area contributed by atoms with Gasteiger partial charge in [-0.25, -0.2) is 0 Å². The minimum atomic E-state index is 0.0622. The first-order chi connectivity index (χ1) is 12.1. The third-order valence-corrected chi connectivity index (χ3v) is 6.79. The van der Waals surface area contributed by atoms with Gasteiger partial charge in [0.2, 0.25) is 5.91 Å². The first-order valence-corrected chi connectivity index (χ1v) is 10.2. The molecule has 130 valence electrons. The Balaban J connectivity index is 1.57. The topological polar surface area (TPSA) is 46.3 Å². The molecule has 1 amide bonds. The second kappa shape index (κ2) is 6.77. The van der Waals surface area contributed by atoms with Crippen LogP contribution in [0.1, 0.15) is 44.8 Å². The zero-order valence-electron chi connectivity index (χ0n) is 14.3. The maximum atomic E-state index is 13.0. The summed E-state index contributed by atoms with van der Waals surface area (Å²) in [6, 6.07) is 6.44. The second-order valence-electron chi connectivity index (χ2n) is 6.36. The SMILES string of the molecule is Cc1noc(C)c1CCC(=O)N1CCc2sccc2[C@@H]1c1cccs1. The van der Waals surface area contributed by atoms with Crippen LogP contribution in [0.5, 0.6) is 0 Å². The highest BCUT2D eigenvalue weighted by Gasteiger charge is 2.33. The van der Waals surface area contributed by atoms with Gasteiger partial charge < -0.3 is 9.42 Å². The summed E-state index contributed by atoms with van der Waals surface area (Å²) < 4.78 is 5.22. The number of hydrogen-bond acceptors (Lipinski definition) is 5. The lowest BCUT2D eigenvalue weighted by Crippen LogP contribution is -2.39. The normalized spacial score (nSPS) is 16.9. The molecule has 0 saturated carbocycles. The van der Waals surface area contributed by atoms with E-state index in [0.29, 0.717) is 12.8 Å². The molecule has 4 rings (SSSR count). The molecule has 0 saturated heterocycles. The summed E-state index contributed by atoms with van der Waals surface area (Å²) in [7, 11) is 0. The van der Waals surface area contributed by atoms with Crippen LogP contribution in [0.3, 0.4) is 0 Å². The highest BCUT2D eigenvalue weighted by molar-refractivity contribution is 7.10. The predicted molar refractivity (Wildman–Crippen MR) is 100 cm³/mol. The van der Waals surface area contributed by atoms with E-state index in [-0.39, 0.29) is 11.9 Å². The molecule has 0 fully saturated rings. The number of fused-ring (bicyclic) bond motifs is 1.